The molecule has 0 saturated carbocycles. The highest BCUT2D eigenvalue weighted by molar-refractivity contribution is 7.98. The topological polar surface area (TPSA) is 101 Å². The fraction of sp³-hybridized carbons (Fsp3) is 0.800. The molecule has 1 aromatic rings. The third-order valence-corrected chi connectivity index (χ3v) is 5.36. The van der Waals surface area contributed by atoms with Crippen molar-refractivity contribution in [3.63, 3.8) is 0 Å². The average Bonchev–Trinajstić information content (AvgIpc) is 2.85. The molecule has 0 aliphatic carbocycles. The standard InChI is InChI=1S/C15H30N6O2S2/c1-12(7-10-25(5,22)23)18-15(16-8-6-9-24-4)17-11-14-20-19-13(2)21(14)3/h12H,6-11H2,1-5H3,(H2,16,17,18). The Morgan fingerprint density at radius 2 is 2.12 bits per heavy atom. The summed E-state index contributed by atoms with van der Waals surface area (Å²) < 4.78 is 24.5. The highest BCUT2D eigenvalue weighted by Gasteiger charge is 2.10. The lowest BCUT2D eigenvalue weighted by atomic mass is 10.3. The van der Waals surface area contributed by atoms with Crippen LogP contribution in [0.2, 0.25) is 0 Å². The summed E-state index contributed by atoms with van der Waals surface area (Å²) in [4.78, 5) is 4.57. The van der Waals surface area contributed by atoms with Crippen LogP contribution >= 0.6 is 11.8 Å². The Bertz CT molecular complexity index is 657. The van der Waals surface area contributed by atoms with Gasteiger partial charge < -0.3 is 15.2 Å². The van der Waals surface area contributed by atoms with Crippen LogP contribution in [0, 0.1) is 6.92 Å². The Morgan fingerprint density at radius 3 is 2.68 bits per heavy atom. The molecule has 2 N–H and O–H groups in total. The van der Waals surface area contributed by atoms with Gasteiger partial charge in [-0.3, -0.25) is 0 Å². The van der Waals surface area contributed by atoms with Gasteiger partial charge in [0.1, 0.15) is 22.2 Å². The highest BCUT2D eigenvalue weighted by atomic mass is 32.2. The lowest BCUT2D eigenvalue weighted by molar-refractivity contribution is 0.580. The van der Waals surface area contributed by atoms with Crippen molar-refractivity contribution in [3.05, 3.63) is 11.6 Å². The van der Waals surface area contributed by atoms with Gasteiger partial charge in [-0.05, 0) is 38.7 Å². The summed E-state index contributed by atoms with van der Waals surface area (Å²) in [6.45, 7) is 5.07. The Labute approximate surface area is 155 Å². The number of rotatable bonds is 10. The molecule has 1 aromatic heterocycles. The van der Waals surface area contributed by atoms with E-state index in [-0.39, 0.29) is 11.8 Å². The summed E-state index contributed by atoms with van der Waals surface area (Å²) in [6, 6.07) is 0.00255. The maximum atomic E-state index is 11.3. The summed E-state index contributed by atoms with van der Waals surface area (Å²) in [5.74, 6) is 3.53. The van der Waals surface area contributed by atoms with Crippen LogP contribution in [0.15, 0.2) is 4.99 Å². The van der Waals surface area contributed by atoms with Gasteiger partial charge in [0.05, 0.1) is 5.75 Å². The van der Waals surface area contributed by atoms with E-state index < -0.39 is 9.84 Å². The number of nitrogens with one attached hydrogen (secondary N) is 2. The minimum atomic E-state index is -2.96. The number of guanidine groups is 1. The monoisotopic (exact) mass is 390 g/mol. The molecule has 1 unspecified atom stereocenters. The minimum Gasteiger partial charge on any atom is -0.356 e. The van der Waals surface area contributed by atoms with E-state index in [9.17, 15) is 8.42 Å². The molecule has 0 amide bonds. The second kappa shape index (κ2) is 10.6. The average molecular weight is 391 g/mol. The van der Waals surface area contributed by atoms with Crippen LogP contribution in [0.25, 0.3) is 0 Å². The molecular weight excluding hydrogens is 360 g/mol. The second-order valence-electron chi connectivity index (χ2n) is 6.12. The van der Waals surface area contributed by atoms with Crippen molar-refractivity contribution < 1.29 is 8.42 Å². The Balaban J connectivity index is 2.67. The largest absolute Gasteiger partial charge is 0.356 e. The zero-order valence-corrected chi connectivity index (χ0v) is 17.4. The number of hydrogen-bond donors (Lipinski definition) is 2. The first-order valence-electron chi connectivity index (χ1n) is 8.29. The third kappa shape index (κ3) is 9.10. The molecular formula is C15H30N6O2S2. The molecule has 0 radical (unpaired) electrons. The first kappa shape index (κ1) is 21.8. The number of hydrogen-bond acceptors (Lipinski definition) is 6. The summed E-state index contributed by atoms with van der Waals surface area (Å²) in [5.41, 5.74) is 0. The maximum Gasteiger partial charge on any atom is 0.191 e. The zero-order chi connectivity index (χ0) is 18.9. The smallest absolute Gasteiger partial charge is 0.191 e. The van der Waals surface area contributed by atoms with Crippen molar-refractivity contribution in [2.75, 3.05) is 30.6 Å². The predicted octanol–water partition coefficient (Wildman–Crippen LogP) is 0.735. The predicted molar refractivity (Wildman–Crippen MR) is 105 cm³/mol. The molecule has 8 nitrogen and oxygen atoms in total. The van der Waals surface area contributed by atoms with Crippen molar-refractivity contribution in [3.8, 4) is 0 Å². The van der Waals surface area contributed by atoms with Gasteiger partial charge in [-0.15, -0.1) is 10.2 Å². The van der Waals surface area contributed by atoms with Gasteiger partial charge in [0.15, 0.2) is 11.8 Å². The molecule has 25 heavy (non-hydrogen) atoms. The fourth-order valence-corrected chi connectivity index (χ4v) is 3.23. The zero-order valence-electron chi connectivity index (χ0n) is 15.7. The molecule has 0 saturated heterocycles. The van der Waals surface area contributed by atoms with Crippen LogP contribution in [-0.4, -0.2) is 65.7 Å². The van der Waals surface area contributed by atoms with E-state index in [1.54, 1.807) is 11.8 Å². The van der Waals surface area contributed by atoms with Crippen LogP contribution in [0.3, 0.4) is 0 Å². The first-order valence-corrected chi connectivity index (χ1v) is 11.7. The second-order valence-corrected chi connectivity index (χ2v) is 9.37. The van der Waals surface area contributed by atoms with Gasteiger partial charge in [-0.1, -0.05) is 0 Å². The molecule has 0 aromatic carbocycles. The van der Waals surface area contributed by atoms with Gasteiger partial charge >= 0.3 is 0 Å². The van der Waals surface area contributed by atoms with Crippen molar-refractivity contribution in [1.29, 1.82) is 0 Å². The van der Waals surface area contributed by atoms with E-state index in [1.807, 2.05) is 25.5 Å². The van der Waals surface area contributed by atoms with Crippen molar-refractivity contribution in [2.24, 2.45) is 12.0 Å². The van der Waals surface area contributed by atoms with E-state index in [0.29, 0.717) is 18.9 Å². The Hall–Kier alpha value is -1.29. The van der Waals surface area contributed by atoms with E-state index in [0.717, 1.165) is 30.4 Å². The van der Waals surface area contributed by atoms with Crippen LogP contribution in [-0.2, 0) is 23.4 Å². The van der Waals surface area contributed by atoms with Gasteiger partial charge in [-0.2, -0.15) is 11.8 Å². The normalized spacial score (nSPS) is 13.7. The van der Waals surface area contributed by atoms with Gasteiger partial charge in [0.25, 0.3) is 0 Å². The molecule has 0 aliphatic rings. The lowest BCUT2D eigenvalue weighted by Crippen LogP contribution is -2.43. The fourth-order valence-electron chi connectivity index (χ4n) is 2.01. The number of thioether (sulfide) groups is 1. The van der Waals surface area contributed by atoms with Crippen LogP contribution in [0.1, 0.15) is 31.4 Å². The van der Waals surface area contributed by atoms with Gasteiger partial charge in [-0.25, -0.2) is 13.4 Å². The first-order chi connectivity index (χ1) is 11.7. The third-order valence-electron chi connectivity index (χ3n) is 3.68. The van der Waals surface area contributed by atoms with Crippen LogP contribution in [0.4, 0.5) is 0 Å². The SMILES string of the molecule is CSCCCNC(=NCc1nnc(C)n1C)NC(C)CCS(C)(=O)=O. The van der Waals surface area contributed by atoms with Gasteiger partial charge in [0, 0.05) is 25.9 Å². The van der Waals surface area contributed by atoms with E-state index in [2.05, 4.69) is 32.1 Å². The summed E-state index contributed by atoms with van der Waals surface area (Å²) >= 11 is 1.80. The number of aliphatic imine (C=N–C) groups is 1. The van der Waals surface area contributed by atoms with Crippen molar-refractivity contribution in [2.45, 2.75) is 39.3 Å². The lowest BCUT2D eigenvalue weighted by Gasteiger charge is -2.18. The molecule has 144 valence electrons. The Kier molecular flexibility index (Phi) is 9.26. The van der Waals surface area contributed by atoms with Crippen molar-refractivity contribution >= 4 is 27.6 Å². The summed E-state index contributed by atoms with van der Waals surface area (Å²) in [6.07, 6.45) is 4.90. The quantitative estimate of drug-likeness (QED) is 0.345. The van der Waals surface area contributed by atoms with E-state index in [1.165, 1.54) is 6.26 Å². The summed E-state index contributed by atoms with van der Waals surface area (Å²) in [7, 11) is -1.05. The molecule has 0 bridgehead atoms. The molecule has 0 spiro atoms. The van der Waals surface area contributed by atoms with Crippen LogP contribution in [0.5, 0.6) is 0 Å². The number of nitrogens with zero attached hydrogens (tertiary/aromatic N) is 4. The molecule has 0 aliphatic heterocycles. The molecule has 0 fully saturated rings. The van der Waals surface area contributed by atoms with Gasteiger partial charge in [0.2, 0.25) is 0 Å². The number of aromatic nitrogens is 3. The van der Waals surface area contributed by atoms with E-state index in [4.69, 9.17) is 0 Å². The Morgan fingerprint density at radius 1 is 1.40 bits per heavy atom. The van der Waals surface area contributed by atoms with Crippen molar-refractivity contribution in [1.82, 2.24) is 25.4 Å². The molecule has 1 heterocycles. The highest BCUT2D eigenvalue weighted by Crippen LogP contribution is 2.00. The number of aryl methyl sites for hydroxylation is 1. The molecule has 1 atom stereocenters. The molecule has 10 heteroatoms. The summed E-state index contributed by atoms with van der Waals surface area (Å²) in [5, 5.41) is 14.7. The van der Waals surface area contributed by atoms with Crippen LogP contribution < -0.4 is 10.6 Å². The minimum absolute atomic E-state index is 0.00255. The maximum absolute atomic E-state index is 11.3. The molecule has 1 rings (SSSR count). The number of sulfone groups is 1. The van der Waals surface area contributed by atoms with E-state index >= 15 is 0 Å².